The monoisotopic (exact) mass is 588 g/mol. The molecule has 0 radical (unpaired) electrons. The van der Waals surface area contributed by atoms with Gasteiger partial charge in [0.15, 0.2) is 0 Å². The molecule has 3 aromatic carbocycles. The number of amides is 2. The van der Waals surface area contributed by atoms with Crippen LogP contribution in [0.5, 0.6) is 0 Å². The Hall–Kier alpha value is -3.58. The number of carbonyl (C=O) groups excluding carboxylic acids is 2. The van der Waals surface area contributed by atoms with E-state index in [1.54, 1.807) is 12.1 Å². The van der Waals surface area contributed by atoms with Crippen LogP contribution in [0.4, 0.5) is 18.9 Å². The maximum Gasteiger partial charge on any atom is 0.416 e. The standard InChI is InChI=1S/C29H35F3N6O2S/c30-29(31,32)22-8-5-19(6-9-22)17-25(28(40)36-23-10-7-20-3-1-2-4-21(20)18-23)37-27(39)24(35)11-12-26(41)38(15-13-33)16-14-34/h1-10,18,24-25H,11-17,33-35H2,(H,36,40)(H,37,39)/t24-,25+/m0/s1. The molecule has 0 aliphatic rings. The number of hydrogen-bond donors (Lipinski definition) is 5. The first-order chi connectivity index (χ1) is 19.5. The third-order valence-corrected chi connectivity index (χ3v) is 6.99. The second-order valence-corrected chi connectivity index (χ2v) is 10.1. The van der Waals surface area contributed by atoms with E-state index in [2.05, 4.69) is 10.6 Å². The summed E-state index contributed by atoms with van der Waals surface area (Å²) in [7, 11) is 0. The summed E-state index contributed by atoms with van der Waals surface area (Å²) in [4.78, 5) is 28.8. The molecule has 0 saturated carbocycles. The van der Waals surface area contributed by atoms with Gasteiger partial charge in [-0.15, -0.1) is 0 Å². The van der Waals surface area contributed by atoms with E-state index in [4.69, 9.17) is 29.4 Å². The van der Waals surface area contributed by atoms with Crippen LogP contribution in [-0.4, -0.2) is 60.0 Å². The van der Waals surface area contributed by atoms with Crippen LogP contribution < -0.4 is 27.8 Å². The molecule has 2 amide bonds. The van der Waals surface area contributed by atoms with Crippen molar-refractivity contribution in [1.82, 2.24) is 10.2 Å². The summed E-state index contributed by atoms with van der Waals surface area (Å²) >= 11 is 5.45. The number of nitrogens with one attached hydrogen (secondary N) is 2. The van der Waals surface area contributed by atoms with Gasteiger partial charge in [-0.1, -0.05) is 54.7 Å². The zero-order valence-corrected chi connectivity index (χ0v) is 23.3. The predicted octanol–water partition coefficient (Wildman–Crippen LogP) is 3.18. The SMILES string of the molecule is NCCN(CCN)C(=S)CC[C@H](N)C(=O)N[C@H](Cc1ccc(C(F)(F)F)cc1)C(=O)Nc1ccc2ccccc2c1. The summed E-state index contributed by atoms with van der Waals surface area (Å²) in [6, 6.07) is 15.4. The molecule has 0 aliphatic carbocycles. The van der Waals surface area contributed by atoms with Gasteiger partial charge in [-0.25, -0.2) is 0 Å². The second-order valence-electron chi connectivity index (χ2n) is 9.61. The van der Waals surface area contributed by atoms with Crippen LogP contribution in [0.3, 0.4) is 0 Å². The summed E-state index contributed by atoms with van der Waals surface area (Å²) in [6.07, 6.45) is -3.97. The fourth-order valence-corrected chi connectivity index (χ4v) is 4.59. The number of benzene rings is 3. The van der Waals surface area contributed by atoms with E-state index in [0.717, 1.165) is 22.9 Å². The summed E-state index contributed by atoms with van der Waals surface area (Å²) < 4.78 is 39.1. The van der Waals surface area contributed by atoms with Crippen LogP contribution in [-0.2, 0) is 22.2 Å². The van der Waals surface area contributed by atoms with Crippen LogP contribution in [0.2, 0.25) is 0 Å². The number of carbonyl (C=O) groups is 2. The number of rotatable bonds is 13. The predicted molar refractivity (Wildman–Crippen MR) is 159 cm³/mol. The molecule has 12 heteroatoms. The molecule has 0 aliphatic heterocycles. The summed E-state index contributed by atoms with van der Waals surface area (Å²) in [5.74, 6) is -1.11. The fourth-order valence-electron chi connectivity index (χ4n) is 4.29. The Morgan fingerprint density at radius 3 is 2.15 bits per heavy atom. The van der Waals surface area contributed by atoms with Crippen LogP contribution >= 0.6 is 12.2 Å². The van der Waals surface area contributed by atoms with Gasteiger partial charge >= 0.3 is 6.18 Å². The summed E-state index contributed by atoms with van der Waals surface area (Å²) in [6.45, 7) is 1.85. The number of fused-ring (bicyclic) bond motifs is 1. The van der Waals surface area contributed by atoms with E-state index >= 15 is 0 Å². The lowest BCUT2D eigenvalue weighted by Gasteiger charge is -2.25. The molecule has 0 spiro atoms. The van der Waals surface area contributed by atoms with Crippen LogP contribution in [0.15, 0.2) is 66.7 Å². The summed E-state index contributed by atoms with van der Waals surface area (Å²) in [5.41, 5.74) is 17.6. The van der Waals surface area contributed by atoms with Gasteiger partial charge in [-0.3, -0.25) is 9.59 Å². The highest BCUT2D eigenvalue weighted by atomic mass is 32.1. The highest BCUT2D eigenvalue weighted by Crippen LogP contribution is 2.29. The number of nitrogens with two attached hydrogens (primary N) is 3. The zero-order valence-electron chi connectivity index (χ0n) is 22.5. The van der Waals surface area contributed by atoms with Crippen molar-refractivity contribution in [2.24, 2.45) is 17.2 Å². The van der Waals surface area contributed by atoms with E-state index in [-0.39, 0.29) is 12.8 Å². The van der Waals surface area contributed by atoms with Crippen LogP contribution in [0.1, 0.15) is 24.0 Å². The maximum atomic E-state index is 13.3. The Labute approximate surface area is 242 Å². The number of thiocarbonyl (C=S) groups is 1. The minimum atomic E-state index is -4.49. The summed E-state index contributed by atoms with van der Waals surface area (Å²) in [5, 5.41) is 7.37. The van der Waals surface area contributed by atoms with Crippen molar-refractivity contribution in [1.29, 1.82) is 0 Å². The number of hydrogen-bond acceptors (Lipinski definition) is 6. The van der Waals surface area contributed by atoms with Gasteiger partial charge in [0.2, 0.25) is 11.8 Å². The number of anilines is 1. The van der Waals surface area contributed by atoms with Crippen molar-refractivity contribution in [2.75, 3.05) is 31.5 Å². The zero-order chi connectivity index (χ0) is 30.0. The smallest absolute Gasteiger partial charge is 0.364 e. The van der Waals surface area contributed by atoms with E-state index in [9.17, 15) is 22.8 Å². The van der Waals surface area contributed by atoms with Crippen molar-refractivity contribution < 1.29 is 22.8 Å². The highest BCUT2D eigenvalue weighted by molar-refractivity contribution is 7.80. The molecule has 0 saturated heterocycles. The third-order valence-electron chi connectivity index (χ3n) is 6.53. The topological polar surface area (TPSA) is 140 Å². The normalized spacial score (nSPS) is 12.9. The Kier molecular flexibility index (Phi) is 11.6. The van der Waals surface area contributed by atoms with Crippen molar-refractivity contribution in [3.8, 4) is 0 Å². The highest BCUT2D eigenvalue weighted by Gasteiger charge is 2.30. The van der Waals surface area contributed by atoms with Crippen molar-refractivity contribution in [2.45, 2.75) is 37.5 Å². The lowest BCUT2D eigenvalue weighted by Crippen LogP contribution is -2.51. The molecule has 8 N–H and O–H groups in total. The Balaban J connectivity index is 1.73. The maximum absolute atomic E-state index is 13.3. The minimum absolute atomic E-state index is 0.0464. The van der Waals surface area contributed by atoms with Gasteiger partial charge in [0.05, 0.1) is 16.6 Å². The van der Waals surface area contributed by atoms with Gasteiger partial charge in [0, 0.05) is 38.3 Å². The molecule has 8 nitrogen and oxygen atoms in total. The van der Waals surface area contributed by atoms with Crippen LogP contribution in [0.25, 0.3) is 10.8 Å². The van der Waals surface area contributed by atoms with Crippen LogP contribution in [0, 0.1) is 0 Å². The molecule has 3 aromatic rings. The Morgan fingerprint density at radius 2 is 1.54 bits per heavy atom. The fraction of sp³-hybridized carbons (Fsp3) is 0.345. The first kappa shape index (κ1) is 31.9. The van der Waals surface area contributed by atoms with E-state index in [1.165, 1.54) is 12.1 Å². The number of nitrogens with zero attached hydrogens (tertiary/aromatic N) is 1. The van der Waals surface area contributed by atoms with E-state index in [0.29, 0.717) is 48.8 Å². The average molecular weight is 589 g/mol. The molecule has 0 aromatic heterocycles. The molecule has 3 rings (SSSR count). The molecular formula is C29H35F3N6O2S. The van der Waals surface area contributed by atoms with Gasteiger partial charge in [0.1, 0.15) is 6.04 Å². The van der Waals surface area contributed by atoms with E-state index < -0.39 is 35.6 Å². The first-order valence-electron chi connectivity index (χ1n) is 13.2. The molecule has 0 bridgehead atoms. The van der Waals surface area contributed by atoms with Gasteiger partial charge in [0.25, 0.3) is 0 Å². The average Bonchev–Trinajstić information content (AvgIpc) is 2.94. The largest absolute Gasteiger partial charge is 0.416 e. The molecule has 0 unspecified atom stereocenters. The lowest BCUT2D eigenvalue weighted by molar-refractivity contribution is -0.137. The number of alkyl halides is 3. The minimum Gasteiger partial charge on any atom is -0.364 e. The van der Waals surface area contributed by atoms with E-state index in [1.807, 2.05) is 35.2 Å². The third kappa shape index (κ3) is 9.49. The van der Waals surface area contributed by atoms with Gasteiger partial charge in [-0.05, 0) is 53.4 Å². The quantitative estimate of drug-likeness (QED) is 0.193. The van der Waals surface area contributed by atoms with Gasteiger partial charge < -0.3 is 32.7 Å². The van der Waals surface area contributed by atoms with Crippen molar-refractivity contribution in [3.63, 3.8) is 0 Å². The van der Waals surface area contributed by atoms with Crippen molar-refractivity contribution in [3.05, 3.63) is 77.9 Å². The molecule has 220 valence electrons. The molecule has 0 fully saturated rings. The lowest BCUT2D eigenvalue weighted by atomic mass is 10.0. The molecule has 2 atom stereocenters. The Morgan fingerprint density at radius 1 is 0.902 bits per heavy atom. The first-order valence-corrected chi connectivity index (χ1v) is 13.6. The molecular weight excluding hydrogens is 553 g/mol. The van der Waals surface area contributed by atoms with Crippen molar-refractivity contribution >= 4 is 45.5 Å². The molecule has 0 heterocycles. The Bertz CT molecular complexity index is 1330. The molecule has 41 heavy (non-hydrogen) atoms. The second kappa shape index (κ2) is 14.9. The number of halogens is 3. The van der Waals surface area contributed by atoms with Gasteiger partial charge in [-0.2, -0.15) is 13.2 Å².